The molecule has 23 heavy (non-hydrogen) atoms. The highest BCUT2D eigenvalue weighted by atomic mass is 16.5. The van der Waals surface area contributed by atoms with Crippen molar-refractivity contribution < 1.29 is 9.47 Å². The van der Waals surface area contributed by atoms with Crippen LogP contribution in [0.4, 0.5) is 0 Å². The van der Waals surface area contributed by atoms with E-state index in [4.69, 9.17) is 9.47 Å². The molecule has 0 aliphatic rings. The van der Waals surface area contributed by atoms with Crippen molar-refractivity contribution in [3.05, 3.63) is 65.4 Å². The molecular formula is C20H19NO2. The predicted octanol–water partition coefficient (Wildman–Crippen LogP) is 4.73. The molecule has 0 radical (unpaired) electrons. The lowest BCUT2D eigenvalue weighted by Gasteiger charge is -2.07. The van der Waals surface area contributed by atoms with Crippen LogP contribution in [0.15, 0.2) is 48.5 Å². The van der Waals surface area contributed by atoms with Gasteiger partial charge < -0.3 is 9.47 Å². The Morgan fingerprint density at radius 2 is 1.74 bits per heavy atom. The van der Waals surface area contributed by atoms with Gasteiger partial charge in [-0.3, -0.25) is 0 Å². The molecule has 0 fully saturated rings. The van der Waals surface area contributed by atoms with Gasteiger partial charge in [0.05, 0.1) is 25.4 Å². The molecule has 1 aromatic heterocycles. The predicted molar refractivity (Wildman–Crippen MR) is 95.0 cm³/mol. The SMILES string of the molecule is COc1ccc(/C=C/c2ccc3cc(C)ccc3n2)c(OC)c1. The molecule has 0 aliphatic carbocycles. The van der Waals surface area contributed by atoms with Gasteiger partial charge in [0.15, 0.2) is 0 Å². The summed E-state index contributed by atoms with van der Waals surface area (Å²) in [4.78, 5) is 4.67. The number of rotatable bonds is 4. The molecule has 0 amide bonds. The highest BCUT2D eigenvalue weighted by molar-refractivity contribution is 5.82. The van der Waals surface area contributed by atoms with Crippen molar-refractivity contribution in [2.75, 3.05) is 14.2 Å². The minimum atomic E-state index is 0.775. The van der Waals surface area contributed by atoms with E-state index in [0.717, 1.165) is 33.7 Å². The molecule has 1 heterocycles. The number of aryl methyl sites for hydroxylation is 1. The highest BCUT2D eigenvalue weighted by Crippen LogP contribution is 2.26. The van der Waals surface area contributed by atoms with Crippen molar-refractivity contribution in [3.8, 4) is 11.5 Å². The van der Waals surface area contributed by atoms with Crippen LogP contribution < -0.4 is 9.47 Å². The summed E-state index contributed by atoms with van der Waals surface area (Å²) >= 11 is 0. The largest absolute Gasteiger partial charge is 0.497 e. The van der Waals surface area contributed by atoms with Crippen LogP contribution in [0.25, 0.3) is 23.1 Å². The fraction of sp³-hybridized carbons (Fsp3) is 0.150. The van der Waals surface area contributed by atoms with Crippen LogP contribution in [0.1, 0.15) is 16.8 Å². The molecule has 3 nitrogen and oxygen atoms in total. The molecule has 0 unspecified atom stereocenters. The van der Waals surface area contributed by atoms with Gasteiger partial charge in [0, 0.05) is 17.0 Å². The van der Waals surface area contributed by atoms with E-state index < -0.39 is 0 Å². The summed E-state index contributed by atoms with van der Waals surface area (Å²) in [7, 11) is 3.30. The van der Waals surface area contributed by atoms with E-state index in [0.29, 0.717) is 0 Å². The molecule has 0 saturated carbocycles. The van der Waals surface area contributed by atoms with E-state index in [1.54, 1.807) is 14.2 Å². The number of ether oxygens (including phenoxy) is 2. The van der Waals surface area contributed by atoms with E-state index in [1.165, 1.54) is 5.56 Å². The summed E-state index contributed by atoms with van der Waals surface area (Å²) < 4.78 is 10.6. The molecule has 116 valence electrons. The summed E-state index contributed by atoms with van der Waals surface area (Å²) in [5, 5.41) is 1.16. The first kappa shape index (κ1) is 15.1. The van der Waals surface area contributed by atoms with Gasteiger partial charge in [-0.15, -0.1) is 0 Å². The Morgan fingerprint density at radius 3 is 2.52 bits per heavy atom. The van der Waals surface area contributed by atoms with Gasteiger partial charge in [0.25, 0.3) is 0 Å². The van der Waals surface area contributed by atoms with Crippen molar-refractivity contribution in [3.63, 3.8) is 0 Å². The van der Waals surface area contributed by atoms with Crippen LogP contribution in [-0.2, 0) is 0 Å². The first-order valence-electron chi connectivity index (χ1n) is 7.47. The highest BCUT2D eigenvalue weighted by Gasteiger charge is 2.02. The fourth-order valence-electron chi connectivity index (χ4n) is 2.48. The maximum absolute atomic E-state index is 5.41. The van der Waals surface area contributed by atoms with Gasteiger partial charge in [-0.2, -0.15) is 0 Å². The van der Waals surface area contributed by atoms with E-state index in [9.17, 15) is 0 Å². The van der Waals surface area contributed by atoms with Gasteiger partial charge >= 0.3 is 0 Å². The molecule has 2 aromatic carbocycles. The van der Waals surface area contributed by atoms with Crippen molar-refractivity contribution in [2.45, 2.75) is 6.92 Å². The van der Waals surface area contributed by atoms with Crippen molar-refractivity contribution in [2.24, 2.45) is 0 Å². The number of aromatic nitrogens is 1. The van der Waals surface area contributed by atoms with Crippen LogP contribution >= 0.6 is 0 Å². The Morgan fingerprint density at radius 1 is 0.870 bits per heavy atom. The quantitative estimate of drug-likeness (QED) is 0.698. The molecule has 0 saturated heterocycles. The molecular weight excluding hydrogens is 286 g/mol. The second-order valence-electron chi connectivity index (χ2n) is 5.37. The maximum atomic E-state index is 5.41. The Kier molecular flexibility index (Phi) is 4.29. The number of benzene rings is 2. The lowest BCUT2D eigenvalue weighted by Crippen LogP contribution is -1.89. The van der Waals surface area contributed by atoms with Crippen LogP contribution in [0, 0.1) is 6.92 Å². The molecule has 0 spiro atoms. The lowest BCUT2D eigenvalue weighted by atomic mass is 10.1. The summed E-state index contributed by atoms with van der Waals surface area (Å²) in [6.45, 7) is 2.09. The summed E-state index contributed by atoms with van der Waals surface area (Å²) in [6.07, 6.45) is 3.99. The molecule has 0 bridgehead atoms. The molecule has 0 atom stereocenters. The number of hydrogen-bond donors (Lipinski definition) is 0. The monoisotopic (exact) mass is 305 g/mol. The van der Waals surface area contributed by atoms with Gasteiger partial charge in [-0.05, 0) is 49.4 Å². The van der Waals surface area contributed by atoms with E-state index >= 15 is 0 Å². The topological polar surface area (TPSA) is 31.4 Å². The molecule has 0 N–H and O–H groups in total. The van der Waals surface area contributed by atoms with Gasteiger partial charge in [0.1, 0.15) is 11.5 Å². The minimum Gasteiger partial charge on any atom is -0.497 e. The van der Waals surface area contributed by atoms with Crippen molar-refractivity contribution >= 4 is 23.1 Å². The van der Waals surface area contributed by atoms with Gasteiger partial charge in [-0.25, -0.2) is 4.98 Å². The number of nitrogens with zero attached hydrogens (tertiary/aromatic N) is 1. The van der Waals surface area contributed by atoms with E-state index in [1.807, 2.05) is 36.4 Å². The Hall–Kier alpha value is -2.81. The number of hydrogen-bond acceptors (Lipinski definition) is 3. The lowest BCUT2D eigenvalue weighted by molar-refractivity contribution is 0.394. The molecule has 3 heteroatoms. The maximum Gasteiger partial charge on any atom is 0.129 e. The summed E-state index contributed by atoms with van der Waals surface area (Å²) in [5.74, 6) is 1.55. The van der Waals surface area contributed by atoms with Crippen LogP contribution in [0.3, 0.4) is 0 Å². The van der Waals surface area contributed by atoms with Crippen LogP contribution in [-0.4, -0.2) is 19.2 Å². The van der Waals surface area contributed by atoms with Crippen LogP contribution in [0.5, 0.6) is 11.5 Å². The minimum absolute atomic E-state index is 0.775. The Bertz CT molecular complexity index is 869. The second-order valence-corrected chi connectivity index (χ2v) is 5.37. The normalized spacial score (nSPS) is 11.1. The van der Waals surface area contributed by atoms with Crippen molar-refractivity contribution in [1.82, 2.24) is 4.98 Å². The zero-order chi connectivity index (χ0) is 16.2. The molecule has 3 aromatic rings. The van der Waals surface area contributed by atoms with E-state index in [2.05, 4.69) is 36.2 Å². The number of pyridine rings is 1. The average molecular weight is 305 g/mol. The number of fused-ring (bicyclic) bond motifs is 1. The first-order chi connectivity index (χ1) is 11.2. The van der Waals surface area contributed by atoms with Crippen LogP contribution in [0.2, 0.25) is 0 Å². The standard InChI is InChI=1S/C20H19NO2/c1-14-4-11-19-16(12-14)6-9-17(21-19)8-5-15-7-10-18(22-2)13-20(15)23-3/h4-13H,1-3H3/b8-5+. The third-order valence-corrected chi connectivity index (χ3v) is 3.74. The Balaban J connectivity index is 1.92. The van der Waals surface area contributed by atoms with Crippen molar-refractivity contribution in [1.29, 1.82) is 0 Å². The smallest absolute Gasteiger partial charge is 0.129 e. The second kappa shape index (κ2) is 6.53. The fourth-order valence-corrected chi connectivity index (χ4v) is 2.48. The third kappa shape index (κ3) is 3.34. The summed E-state index contributed by atoms with van der Waals surface area (Å²) in [5.41, 5.74) is 4.14. The van der Waals surface area contributed by atoms with Gasteiger partial charge in [0.2, 0.25) is 0 Å². The average Bonchev–Trinajstić information content (AvgIpc) is 2.59. The van der Waals surface area contributed by atoms with E-state index in [-0.39, 0.29) is 0 Å². The van der Waals surface area contributed by atoms with Gasteiger partial charge in [-0.1, -0.05) is 17.7 Å². The number of methoxy groups -OCH3 is 2. The third-order valence-electron chi connectivity index (χ3n) is 3.74. The molecule has 3 rings (SSSR count). The zero-order valence-corrected chi connectivity index (χ0v) is 13.5. The summed E-state index contributed by atoms with van der Waals surface area (Å²) in [6, 6.07) is 16.1. The molecule has 0 aliphatic heterocycles. The first-order valence-corrected chi connectivity index (χ1v) is 7.47. The zero-order valence-electron chi connectivity index (χ0n) is 13.5. The Labute approximate surface area is 136 Å².